The molecule has 0 unspecified atom stereocenters. The van der Waals surface area contributed by atoms with Crippen molar-refractivity contribution < 1.29 is 17.9 Å². The Morgan fingerprint density at radius 1 is 1.43 bits per heavy atom. The van der Waals surface area contributed by atoms with Gasteiger partial charge < -0.3 is 4.74 Å². The molecule has 2 aromatic rings. The molecular weight excluding hydrogens is 322 g/mol. The van der Waals surface area contributed by atoms with Crippen LogP contribution in [-0.4, -0.2) is 41.1 Å². The molecule has 0 atom stereocenters. The summed E-state index contributed by atoms with van der Waals surface area (Å²) in [5, 5.41) is 7.46. The lowest BCUT2D eigenvalue weighted by Crippen LogP contribution is -2.17. The molecule has 21 heavy (non-hydrogen) atoms. The van der Waals surface area contributed by atoms with Crippen molar-refractivity contribution in [3.8, 4) is 0 Å². The minimum absolute atomic E-state index is 0.00644. The van der Waals surface area contributed by atoms with Gasteiger partial charge in [0.25, 0.3) is 10.0 Å². The quantitative estimate of drug-likeness (QED) is 0.785. The summed E-state index contributed by atoms with van der Waals surface area (Å²) in [6.45, 7) is -0.120. The number of methoxy groups -OCH3 is 1. The van der Waals surface area contributed by atoms with Gasteiger partial charge in [0.1, 0.15) is 6.54 Å². The number of anilines is 1. The molecule has 1 N–H and O–H groups in total. The average molecular weight is 334 g/mol. The minimum Gasteiger partial charge on any atom is -0.468 e. The van der Waals surface area contributed by atoms with Crippen LogP contribution in [0.5, 0.6) is 0 Å². The molecule has 0 amide bonds. The van der Waals surface area contributed by atoms with Crippen molar-refractivity contribution in [3.63, 3.8) is 0 Å². The molecule has 9 nitrogen and oxygen atoms in total. The van der Waals surface area contributed by atoms with Gasteiger partial charge in [-0.15, -0.1) is 0 Å². The first kappa shape index (κ1) is 15.3. The van der Waals surface area contributed by atoms with Gasteiger partial charge in [0.15, 0.2) is 5.03 Å². The number of ether oxygens (including phenoxy) is 1. The van der Waals surface area contributed by atoms with E-state index in [2.05, 4.69) is 19.7 Å². The van der Waals surface area contributed by atoms with E-state index in [4.69, 9.17) is 11.6 Å². The first-order valence-electron chi connectivity index (χ1n) is 5.63. The molecule has 0 aliphatic heterocycles. The van der Waals surface area contributed by atoms with Crippen molar-refractivity contribution in [2.24, 2.45) is 7.05 Å². The lowest BCUT2D eigenvalue weighted by atomic mass is 10.6. The molecule has 0 aliphatic rings. The average Bonchev–Trinajstić information content (AvgIpc) is 2.96. The molecule has 0 aromatic carbocycles. The standard InChI is InChI=1S/C10H12ClN5O4S/c1-15-10(8(11)4-12-15)21(18,19)14-7-3-13-16(5-7)6-9(17)20-2/h3-5,14H,6H2,1-2H3. The highest BCUT2D eigenvalue weighted by atomic mass is 35.5. The number of sulfonamides is 1. The lowest BCUT2D eigenvalue weighted by molar-refractivity contribution is -0.141. The van der Waals surface area contributed by atoms with E-state index in [1.807, 2.05) is 0 Å². The predicted molar refractivity (Wildman–Crippen MR) is 73.3 cm³/mol. The number of carbonyl (C=O) groups excluding carboxylic acids is 1. The fraction of sp³-hybridized carbons (Fsp3) is 0.300. The third kappa shape index (κ3) is 3.34. The lowest BCUT2D eigenvalue weighted by Gasteiger charge is -2.06. The summed E-state index contributed by atoms with van der Waals surface area (Å²) in [6.07, 6.45) is 3.86. The molecule has 0 aliphatic carbocycles. The minimum atomic E-state index is -3.90. The first-order chi connectivity index (χ1) is 9.83. The maximum Gasteiger partial charge on any atom is 0.327 e. The van der Waals surface area contributed by atoms with Gasteiger partial charge in [-0.1, -0.05) is 11.6 Å². The van der Waals surface area contributed by atoms with Crippen LogP contribution in [0.4, 0.5) is 5.69 Å². The molecule has 11 heteroatoms. The van der Waals surface area contributed by atoms with E-state index < -0.39 is 16.0 Å². The van der Waals surface area contributed by atoms with Gasteiger partial charge >= 0.3 is 5.97 Å². The fourth-order valence-electron chi connectivity index (χ4n) is 1.60. The van der Waals surface area contributed by atoms with E-state index in [1.54, 1.807) is 0 Å². The predicted octanol–water partition coefficient (Wildman–Crippen LogP) is 0.244. The molecule has 0 fully saturated rings. The summed E-state index contributed by atoms with van der Waals surface area (Å²) in [4.78, 5) is 11.1. The zero-order valence-corrected chi connectivity index (χ0v) is 12.7. The van der Waals surface area contributed by atoms with Gasteiger partial charge in [0.05, 0.1) is 30.2 Å². The van der Waals surface area contributed by atoms with Gasteiger partial charge in [-0.05, 0) is 0 Å². The molecule has 0 saturated heterocycles. The highest BCUT2D eigenvalue weighted by Gasteiger charge is 2.23. The fourth-order valence-corrected chi connectivity index (χ4v) is 3.29. The van der Waals surface area contributed by atoms with Crippen molar-refractivity contribution in [1.29, 1.82) is 0 Å². The normalized spacial score (nSPS) is 11.4. The Hall–Kier alpha value is -2.07. The zero-order chi connectivity index (χ0) is 15.6. The Kier molecular flexibility index (Phi) is 4.19. The third-order valence-electron chi connectivity index (χ3n) is 2.50. The van der Waals surface area contributed by atoms with E-state index >= 15 is 0 Å². The summed E-state index contributed by atoms with van der Waals surface area (Å²) in [5.74, 6) is -0.498. The number of esters is 1. The Balaban J connectivity index is 2.20. The second-order valence-electron chi connectivity index (χ2n) is 4.03. The van der Waals surface area contributed by atoms with Crippen LogP contribution in [-0.2, 0) is 33.1 Å². The van der Waals surface area contributed by atoms with Crippen molar-refractivity contribution in [2.75, 3.05) is 11.8 Å². The summed E-state index contributed by atoms with van der Waals surface area (Å²) in [5.41, 5.74) is 0.191. The van der Waals surface area contributed by atoms with Crippen LogP contribution in [0.25, 0.3) is 0 Å². The molecular formula is C10H12ClN5O4S. The molecule has 0 bridgehead atoms. The molecule has 2 heterocycles. The second-order valence-corrected chi connectivity index (χ2v) is 6.03. The van der Waals surface area contributed by atoms with Crippen LogP contribution in [0.1, 0.15) is 0 Å². The van der Waals surface area contributed by atoms with Gasteiger partial charge in [-0.3, -0.25) is 18.9 Å². The molecule has 2 rings (SSSR count). The van der Waals surface area contributed by atoms with Crippen molar-refractivity contribution in [3.05, 3.63) is 23.6 Å². The Morgan fingerprint density at radius 2 is 2.14 bits per heavy atom. The van der Waals surface area contributed by atoms with E-state index in [1.165, 1.54) is 37.4 Å². The van der Waals surface area contributed by atoms with Gasteiger partial charge in [-0.2, -0.15) is 18.6 Å². The number of rotatable bonds is 5. The van der Waals surface area contributed by atoms with Crippen LogP contribution >= 0.6 is 11.6 Å². The summed E-state index contributed by atoms with van der Waals surface area (Å²) >= 11 is 5.80. The van der Waals surface area contributed by atoms with Gasteiger partial charge in [-0.25, -0.2) is 0 Å². The number of hydrogen-bond acceptors (Lipinski definition) is 6. The SMILES string of the molecule is COC(=O)Cn1cc(NS(=O)(=O)c2c(Cl)cnn2C)cn1. The van der Waals surface area contributed by atoms with Gasteiger partial charge in [0.2, 0.25) is 0 Å². The van der Waals surface area contributed by atoms with Crippen LogP contribution in [0, 0.1) is 0 Å². The highest BCUT2D eigenvalue weighted by molar-refractivity contribution is 7.92. The Morgan fingerprint density at radius 3 is 2.71 bits per heavy atom. The van der Waals surface area contributed by atoms with Crippen molar-refractivity contribution in [1.82, 2.24) is 19.6 Å². The number of halogens is 1. The Bertz CT molecular complexity index is 747. The number of aryl methyl sites for hydroxylation is 1. The van der Waals surface area contributed by atoms with E-state index in [0.717, 1.165) is 4.68 Å². The van der Waals surface area contributed by atoms with E-state index in [-0.39, 0.29) is 22.3 Å². The van der Waals surface area contributed by atoms with Crippen LogP contribution in [0.15, 0.2) is 23.6 Å². The zero-order valence-electron chi connectivity index (χ0n) is 11.1. The summed E-state index contributed by atoms with van der Waals surface area (Å²) in [6, 6.07) is 0. The van der Waals surface area contributed by atoms with Crippen molar-refractivity contribution in [2.45, 2.75) is 11.6 Å². The largest absolute Gasteiger partial charge is 0.468 e. The van der Waals surface area contributed by atoms with Crippen LogP contribution in [0.3, 0.4) is 0 Å². The third-order valence-corrected chi connectivity index (χ3v) is 4.39. The van der Waals surface area contributed by atoms with Crippen molar-refractivity contribution >= 4 is 33.3 Å². The van der Waals surface area contributed by atoms with Gasteiger partial charge in [0, 0.05) is 13.2 Å². The maximum absolute atomic E-state index is 12.2. The number of hydrogen-bond donors (Lipinski definition) is 1. The van der Waals surface area contributed by atoms with E-state index in [9.17, 15) is 13.2 Å². The molecule has 114 valence electrons. The number of aromatic nitrogens is 4. The monoisotopic (exact) mass is 333 g/mol. The summed E-state index contributed by atoms with van der Waals surface area (Å²) < 4.78 is 33.6. The Labute approximate surface area is 125 Å². The topological polar surface area (TPSA) is 108 Å². The maximum atomic E-state index is 12.2. The molecule has 0 spiro atoms. The molecule has 0 saturated carbocycles. The van der Waals surface area contributed by atoms with Crippen LogP contribution < -0.4 is 4.72 Å². The second kappa shape index (κ2) is 5.74. The summed E-state index contributed by atoms with van der Waals surface area (Å²) in [7, 11) is -1.19. The highest BCUT2D eigenvalue weighted by Crippen LogP contribution is 2.22. The van der Waals surface area contributed by atoms with E-state index in [0.29, 0.717) is 0 Å². The molecule has 0 radical (unpaired) electrons. The smallest absolute Gasteiger partial charge is 0.327 e. The number of nitrogens with zero attached hydrogens (tertiary/aromatic N) is 4. The van der Waals surface area contributed by atoms with Crippen LogP contribution in [0.2, 0.25) is 5.02 Å². The number of nitrogens with one attached hydrogen (secondary N) is 1. The number of carbonyl (C=O) groups is 1. The molecule has 2 aromatic heterocycles. The first-order valence-corrected chi connectivity index (χ1v) is 7.49.